The third-order valence-electron chi connectivity index (χ3n) is 4.16. The second-order valence-electron chi connectivity index (χ2n) is 6.43. The summed E-state index contributed by atoms with van der Waals surface area (Å²) < 4.78 is 22.1. The number of carbonyl (C=O) groups is 2. The van der Waals surface area contributed by atoms with E-state index < -0.39 is 11.8 Å². The molecule has 0 spiro atoms. The second-order valence-corrected chi connectivity index (χ2v) is 7.28. The quantitative estimate of drug-likeness (QED) is 0.357. The van der Waals surface area contributed by atoms with Crippen molar-refractivity contribution in [1.29, 1.82) is 0 Å². The molecule has 0 radical (unpaired) electrons. The summed E-state index contributed by atoms with van der Waals surface area (Å²) in [5, 5.41) is 6.45. The van der Waals surface area contributed by atoms with Crippen molar-refractivity contribution < 1.29 is 28.5 Å². The van der Waals surface area contributed by atoms with Gasteiger partial charge in [0.25, 0.3) is 11.8 Å². The van der Waals surface area contributed by atoms with E-state index in [4.69, 9.17) is 18.9 Å². The molecule has 2 aromatic rings. The van der Waals surface area contributed by atoms with E-state index in [2.05, 4.69) is 31.8 Å². The van der Waals surface area contributed by atoms with Gasteiger partial charge in [-0.25, -0.2) is 5.43 Å². The summed E-state index contributed by atoms with van der Waals surface area (Å²) in [5.41, 5.74) is 3.39. The second kappa shape index (κ2) is 12.6. The first-order valence-electron chi connectivity index (χ1n) is 9.75. The normalized spacial score (nSPS) is 10.5. The summed E-state index contributed by atoms with van der Waals surface area (Å²) in [6.45, 7) is 2.33. The topological polar surface area (TPSA) is 107 Å². The van der Waals surface area contributed by atoms with Gasteiger partial charge in [0, 0.05) is 5.56 Å². The van der Waals surface area contributed by atoms with Crippen LogP contribution in [-0.4, -0.2) is 52.5 Å². The Morgan fingerprint density at radius 2 is 1.75 bits per heavy atom. The summed E-state index contributed by atoms with van der Waals surface area (Å²) in [5.74, 6) is 1.16. The van der Waals surface area contributed by atoms with Crippen LogP contribution in [0.2, 0.25) is 0 Å². The number of nitrogens with zero attached hydrogens (tertiary/aromatic N) is 1. The number of hydrogen-bond donors (Lipinski definition) is 2. The predicted octanol–water partition coefficient (Wildman–Crippen LogP) is 3.14. The van der Waals surface area contributed by atoms with Crippen LogP contribution in [0.25, 0.3) is 0 Å². The van der Waals surface area contributed by atoms with E-state index in [-0.39, 0.29) is 6.54 Å². The van der Waals surface area contributed by atoms with Crippen LogP contribution < -0.4 is 29.7 Å². The minimum atomic E-state index is -0.482. The fourth-order valence-corrected chi connectivity index (χ4v) is 3.19. The molecule has 2 N–H and O–H groups in total. The third kappa shape index (κ3) is 6.88. The summed E-state index contributed by atoms with van der Waals surface area (Å²) in [6, 6.07) is 8.25. The average Bonchev–Trinajstić information content (AvgIpc) is 2.80. The maximum Gasteiger partial charge on any atom is 0.259 e. The SMILES string of the molecule is CCCOc1c(Br)cc(/C=N/NC(=O)CNC(=O)c2ccc(OC)c(OC)c2)cc1OC. The number of nitrogens with one attached hydrogen (secondary N) is 2. The molecule has 0 saturated heterocycles. The van der Waals surface area contributed by atoms with Crippen molar-refractivity contribution in [1.82, 2.24) is 10.7 Å². The Morgan fingerprint density at radius 1 is 1.03 bits per heavy atom. The molecule has 2 amide bonds. The maximum atomic E-state index is 12.3. The lowest BCUT2D eigenvalue weighted by atomic mass is 10.2. The zero-order valence-electron chi connectivity index (χ0n) is 18.4. The smallest absolute Gasteiger partial charge is 0.259 e. The third-order valence-corrected chi connectivity index (χ3v) is 4.75. The molecule has 0 heterocycles. The summed E-state index contributed by atoms with van der Waals surface area (Å²) in [6.07, 6.45) is 2.33. The molecule has 0 aliphatic heterocycles. The number of ether oxygens (including phenoxy) is 4. The van der Waals surface area contributed by atoms with Crippen molar-refractivity contribution in [2.75, 3.05) is 34.5 Å². The number of hydrogen-bond acceptors (Lipinski definition) is 7. The van der Waals surface area contributed by atoms with Crippen LogP contribution in [0.15, 0.2) is 39.9 Å². The fourth-order valence-electron chi connectivity index (χ4n) is 2.62. The van der Waals surface area contributed by atoms with E-state index in [1.54, 1.807) is 31.4 Å². The van der Waals surface area contributed by atoms with E-state index >= 15 is 0 Å². The van der Waals surface area contributed by atoms with Crippen LogP contribution in [-0.2, 0) is 4.79 Å². The van der Waals surface area contributed by atoms with Gasteiger partial charge in [-0.2, -0.15) is 5.10 Å². The Hall–Kier alpha value is -3.27. The van der Waals surface area contributed by atoms with Gasteiger partial charge in [0.05, 0.1) is 45.2 Å². The Morgan fingerprint density at radius 3 is 2.41 bits per heavy atom. The molecular formula is C22H26BrN3O6. The first-order valence-corrected chi connectivity index (χ1v) is 10.5. The van der Waals surface area contributed by atoms with Gasteiger partial charge in [-0.05, 0) is 58.2 Å². The van der Waals surface area contributed by atoms with E-state index in [1.165, 1.54) is 26.5 Å². The molecule has 2 aromatic carbocycles. The highest BCUT2D eigenvalue weighted by Gasteiger charge is 2.13. The van der Waals surface area contributed by atoms with Gasteiger partial charge in [0.15, 0.2) is 23.0 Å². The van der Waals surface area contributed by atoms with Gasteiger partial charge in [0.1, 0.15) is 0 Å². The summed E-state index contributed by atoms with van der Waals surface area (Å²) in [4.78, 5) is 24.3. The van der Waals surface area contributed by atoms with Gasteiger partial charge in [-0.15, -0.1) is 0 Å². The van der Waals surface area contributed by atoms with E-state index in [9.17, 15) is 9.59 Å². The van der Waals surface area contributed by atoms with E-state index in [1.807, 2.05) is 6.92 Å². The minimum absolute atomic E-state index is 0.249. The molecule has 10 heteroatoms. The van der Waals surface area contributed by atoms with Crippen LogP contribution in [0.1, 0.15) is 29.3 Å². The molecular weight excluding hydrogens is 482 g/mol. The Bertz CT molecular complexity index is 980. The highest BCUT2D eigenvalue weighted by atomic mass is 79.9. The Labute approximate surface area is 195 Å². The number of rotatable bonds is 11. The van der Waals surface area contributed by atoms with Crippen LogP contribution in [0.4, 0.5) is 0 Å². The highest BCUT2D eigenvalue weighted by molar-refractivity contribution is 9.10. The molecule has 0 aromatic heterocycles. The zero-order valence-corrected chi connectivity index (χ0v) is 19.9. The highest BCUT2D eigenvalue weighted by Crippen LogP contribution is 2.36. The first-order chi connectivity index (χ1) is 15.4. The van der Waals surface area contributed by atoms with E-state index in [0.717, 1.165) is 6.42 Å². The molecule has 0 bridgehead atoms. The summed E-state index contributed by atoms with van der Waals surface area (Å²) >= 11 is 3.45. The van der Waals surface area contributed by atoms with Crippen molar-refractivity contribution in [2.24, 2.45) is 5.10 Å². The average molecular weight is 508 g/mol. The van der Waals surface area contributed by atoms with Crippen molar-refractivity contribution >= 4 is 34.0 Å². The molecule has 172 valence electrons. The monoisotopic (exact) mass is 507 g/mol. The van der Waals surface area contributed by atoms with Crippen molar-refractivity contribution in [2.45, 2.75) is 13.3 Å². The Kier molecular flexibility index (Phi) is 9.80. The lowest BCUT2D eigenvalue weighted by Gasteiger charge is -2.12. The lowest BCUT2D eigenvalue weighted by Crippen LogP contribution is -2.34. The molecule has 0 atom stereocenters. The number of amides is 2. The molecule has 2 rings (SSSR count). The van der Waals surface area contributed by atoms with Gasteiger partial charge in [-0.1, -0.05) is 6.92 Å². The van der Waals surface area contributed by atoms with Gasteiger partial charge in [-0.3, -0.25) is 9.59 Å². The van der Waals surface area contributed by atoms with Crippen LogP contribution in [0.5, 0.6) is 23.0 Å². The van der Waals surface area contributed by atoms with Gasteiger partial charge >= 0.3 is 0 Å². The molecule has 0 saturated carbocycles. The van der Waals surface area contributed by atoms with Crippen LogP contribution >= 0.6 is 15.9 Å². The number of carbonyl (C=O) groups excluding carboxylic acids is 2. The largest absolute Gasteiger partial charge is 0.493 e. The maximum absolute atomic E-state index is 12.3. The Balaban J connectivity index is 1.92. The lowest BCUT2D eigenvalue weighted by molar-refractivity contribution is -0.120. The van der Waals surface area contributed by atoms with Crippen LogP contribution in [0.3, 0.4) is 0 Å². The number of halogens is 1. The summed E-state index contributed by atoms with van der Waals surface area (Å²) in [7, 11) is 4.53. The molecule has 32 heavy (non-hydrogen) atoms. The number of methoxy groups -OCH3 is 3. The predicted molar refractivity (Wildman–Crippen MR) is 124 cm³/mol. The molecule has 9 nitrogen and oxygen atoms in total. The first kappa shape index (κ1) is 25.0. The van der Waals surface area contributed by atoms with E-state index in [0.29, 0.717) is 45.2 Å². The number of hydrazone groups is 1. The van der Waals surface area contributed by atoms with Crippen molar-refractivity contribution in [3.05, 3.63) is 45.9 Å². The zero-order chi connectivity index (χ0) is 23.5. The van der Waals surface area contributed by atoms with Gasteiger partial charge < -0.3 is 24.3 Å². The number of benzene rings is 2. The van der Waals surface area contributed by atoms with Crippen molar-refractivity contribution in [3.8, 4) is 23.0 Å². The standard InChI is InChI=1S/C22H26BrN3O6/c1-5-8-32-21-16(23)9-14(10-19(21)31-4)12-25-26-20(27)13-24-22(28)15-6-7-17(29-2)18(11-15)30-3/h6-7,9-12H,5,8,13H2,1-4H3,(H,24,28)(H,26,27)/b25-12+. The molecule has 0 aliphatic carbocycles. The van der Waals surface area contributed by atoms with Crippen LogP contribution in [0, 0.1) is 0 Å². The van der Waals surface area contributed by atoms with Crippen molar-refractivity contribution in [3.63, 3.8) is 0 Å². The molecule has 0 aliphatic rings. The fraction of sp³-hybridized carbons (Fsp3) is 0.318. The molecule has 0 unspecified atom stereocenters. The minimum Gasteiger partial charge on any atom is -0.493 e. The van der Waals surface area contributed by atoms with Gasteiger partial charge in [0.2, 0.25) is 0 Å². The molecule has 0 fully saturated rings.